The molecule has 0 saturated heterocycles. The fourth-order valence-electron chi connectivity index (χ4n) is 0.834. The lowest BCUT2D eigenvalue weighted by Crippen LogP contribution is -1.92. The molecule has 0 fully saturated rings. The molecule has 0 bridgehead atoms. The topological polar surface area (TPSA) is 57.5 Å². The van der Waals surface area contributed by atoms with Crippen LogP contribution >= 0.6 is 0 Å². The highest BCUT2D eigenvalue weighted by atomic mass is 16.4. The highest BCUT2D eigenvalue weighted by Crippen LogP contribution is 1.98. The molecule has 0 aromatic heterocycles. The van der Waals surface area contributed by atoms with Gasteiger partial charge in [0.15, 0.2) is 0 Å². The van der Waals surface area contributed by atoms with Crippen LogP contribution in [0.15, 0.2) is 0 Å². The van der Waals surface area contributed by atoms with E-state index in [0.29, 0.717) is 6.42 Å². The molecule has 0 heterocycles. The number of aliphatic hydroxyl groups excluding tert-OH is 1. The minimum Gasteiger partial charge on any atom is -0.481 e. The molecule has 0 radical (unpaired) electrons. The standard InChI is InChI=1S/C10H16O3/c11-9-7-5-3-1-2-4-6-8-10(12)13/h11H,2,4-9H2,(H,12,13). The first kappa shape index (κ1) is 12.0. The lowest BCUT2D eigenvalue weighted by molar-refractivity contribution is -0.137. The highest BCUT2D eigenvalue weighted by molar-refractivity contribution is 5.66. The van der Waals surface area contributed by atoms with Crippen molar-refractivity contribution in [2.45, 2.75) is 38.5 Å². The molecule has 0 rings (SSSR count). The van der Waals surface area contributed by atoms with Crippen LogP contribution in [-0.4, -0.2) is 22.8 Å². The summed E-state index contributed by atoms with van der Waals surface area (Å²) in [5.41, 5.74) is 0. The number of carboxylic acids is 1. The van der Waals surface area contributed by atoms with Crippen LogP contribution in [-0.2, 0) is 4.79 Å². The van der Waals surface area contributed by atoms with E-state index in [2.05, 4.69) is 11.8 Å². The lowest BCUT2D eigenvalue weighted by atomic mass is 10.2. The summed E-state index contributed by atoms with van der Waals surface area (Å²) in [4.78, 5) is 10.1. The van der Waals surface area contributed by atoms with Crippen molar-refractivity contribution in [3.05, 3.63) is 0 Å². The van der Waals surface area contributed by atoms with E-state index in [9.17, 15) is 4.79 Å². The molecule has 0 aromatic carbocycles. The molecule has 0 spiro atoms. The second kappa shape index (κ2) is 9.08. The van der Waals surface area contributed by atoms with Gasteiger partial charge in [-0.1, -0.05) is 0 Å². The molecular weight excluding hydrogens is 168 g/mol. The van der Waals surface area contributed by atoms with E-state index < -0.39 is 5.97 Å². The van der Waals surface area contributed by atoms with Crippen LogP contribution in [0, 0.1) is 11.8 Å². The monoisotopic (exact) mass is 184 g/mol. The van der Waals surface area contributed by atoms with E-state index in [1.165, 1.54) is 0 Å². The maximum Gasteiger partial charge on any atom is 0.303 e. The minimum absolute atomic E-state index is 0.188. The fraction of sp³-hybridized carbons (Fsp3) is 0.700. The third-order valence-electron chi connectivity index (χ3n) is 1.53. The largest absolute Gasteiger partial charge is 0.481 e. The second-order valence-electron chi connectivity index (χ2n) is 2.78. The molecular formula is C10H16O3. The SMILES string of the molecule is O=C(O)CCCCC#CCCCO. The summed E-state index contributed by atoms with van der Waals surface area (Å²) in [6, 6.07) is 0. The molecule has 0 amide bonds. The molecule has 0 aliphatic rings. The Hall–Kier alpha value is -1.01. The number of rotatable bonds is 6. The van der Waals surface area contributed by atoms with Crippen molar-refractivity contribution in [1.29, 1.82) is 0 Å². The Morgan fingerprint density at radius 3 is 2.23 bits per heavy atom. The number of hydrogen-bond donors (Lipinski definition) is 2. The van der Waals surface area contributed by atoms with Gasteiger partial charge in [0.05, 0.1) is 0 Å². The van der Waals surface area contributed by atoms with Crippen LogP contribution in [0.1, 0.15) is 38.5 Å². The molecule has 0 aliphatic heterocycles. The van der Waals surface area contributed by atoms with E-state index in [1.54, 1.807) is 0 Å². The van der Waals surface area contributed by atoms with Crippen LogP contribution in [0.2, 0.25) is 0 Å². The van der Waals surface area contributed by atoms with Crippen LogP contribution in [0.4, 0.5) is 0 Å². The van der Waals surface area contributed by atoms with E-state index in [0.717, 1.165) is 25.7 Å². The van der Waals surface area contributed by atoms with E-state index in [1.807, 2.05) is 0 Å². The first-order chi connectivity index (χ1) is 6.27. The summed E-state index contributed by atoms with van der Waals surface area (Å²) < 4.78 is 0. The van der Waals surface area contributed by atoms with Gasteiger partial charge in [-0.15, -0.1) is 11.8 Å². The molecule has 0 aliphatic carbocycles. The Bertz CT molecular complexity index is 188. The first-order valence-electron chi connectivity index (χ1n) is 4.55. The molecule has 0 saturated carbocycles. The summed E-state index contributed by atoms with van der Waals surface area (Å²) in [7, 11) is 0. The van der Waals surface area contributed by atoms with Gasteiger partial charge in [0, 0.05) is 25.9 Å². The van der Waals surface area contributed by atoms with Crippen LogP contribution in [0.25, 0.3) is 0 Å². The molecule has 3 nitrogen and oxygen atoms in total. The van der Waals surface area contributed by atoms with Crippen molar-refractivity contribution in [1.82, 2.24) is 0 Å². The molecule has 74 valence electrons. The molecule has 13 heavy (non-hydrogen) atoms. The number of carboxylic acid groups (broad SMARTS) is 1. The van der Waals surface area contributed by atoms with Gasteiger partial charge in [-0.25, -0.2) is 0 Å². The average Bonchev–Trinajstić information content (AvgIpc) is 2.09. The van der Waals surface area contributed by atoms with Crippen molar-refractivity contribution < 1.29 is 15.0 Å². The maximum atomic E-state index is 10.1. The Morgan fingerprint density at radius 1 is 1.08 bits per heavy atom. The van der Waals surface area contributed by atoms with Crippen molar-refractivity contribution in [3.8, 4) is 11.8 Å². The lowest BCUT2D eigenvalue weighted by Gasteiger charge is -1.90. The van der Waals surface area contributed by atoms with Crippen molar-refractivity contribution in [2.24, 2.45) is 0 Å². The van der Waals surface area contributed by atoms with Crippen molar-refractivity contribution in [2.75, 3.05) is 6.61 Å². The summed E-state index contributed by atoms with van der Waals surface area (Å²) in [5, 5.41) is 16.8. The minimum atomic E-state index is -0.742. The molecule has 3 heteroatoms. The Balaban J connectivity index is 3.13. The molecule has 0 unspecified atom stereocenters. The average molecular weight is 184 g/mol. The van der Waals surface area contributed by atoms with Crippen LogP contribution < -0.4 is 0 Å². The number of aliphatic carboxylic acids is 1. The molecule has 0 aromatic rings. The zero-order chi connectivity index (χ0) is 9.94. The normalized spacial score (nSPS) is 9.00. The van der Waals surface area contributed by atoms with Gasteiger partial charge < -0.3 is 10.2 Å². The smallest absolute Gasteiger partial charge is 0.303 e. The Kier molecular flexibility index (Phi) is 8.38. The molecule has 2 N–H and O–H groups in total. The second-order valence-corrected chi connectivity index (χ2v) is 2.78. The highest BCUT2D eigenvalue weighted by Gasteiger charge is 1.93. The first-order valence-corrected chi connectivity index (χ1v) is 4.55. The van der Waals surface area contributed by atoms with Gasteiger partial charge >= 0.3 is 5.97 Å². The van der Waals surface area contributed by atoms with Gasteiger partial charge in [0.25, 0.3) is 0 Å². The predicted molar refractivity (Wildman–Crippen MR) is 50.2 cm³/mol. The summed E-state index contributed by atoms with van der Waals surface area (Å²) in [6.07, 6.45) is 4.00. The fourth-order valence-corrected chi connectivity index (χ4v) is 0.834. The van der Waals surface area contributed by atoms with Crippen LogP contribution in [0.5, 0.6) is 0 Å². The summed E-state index contributed by atoms with van der Waals surface area (Å²) in [6.45, 7) is 0.188. The number of aliphatic hydroxyl groups is 1. The van der Waals surface area contributed by atoms with Gasteiger partial charge in [0.1, 0.15) is 0 Å². The zero-order valence-electron chi connectivity index (χ0n) is 7.75. The zero-order valence-corrected chi connectivity index (χ0v) is 7.75. The third kappa shape index (κ3) is 11.0. The quantitative estimate of drug-likeness (QED) is 0.484. The number of unbranched alkanes of at least 4 members (excludes halogenated alkanes) is 3. The van der Waals surface area contributed by atoms with Gasteiger partial charge in [0.2, 0.25) is 0 Å². The third-order valence-corrected chi connectivity index (χ3v) is 1.53. The van der Waals surface area contributed by atoms with Crippen LogP contribution in [0.3, 0.4) is 0 Å². The van der Waals surface area contributed by atoms with Gasteiger partial charge in [-0.05, 0) is 19.3 Å². The predicted octanol–water partition coefficient (Wildman–Crippen LogP) is 1.41. The van der Waals surface area contributed by atoms with Gasteiger partial charge in [-0.2, -0.15) is 0 Å². The van der Waals surface area contributed by atoms with E-state index >= 15 is 0 Å². The van der Waals surface area contributed by atoms with E-state index in [4.69, 9.17) is 10.2 Å². The van der Waals surface area contributed by atoms with Gasteiger partial charge in [-0.3, -0.25) is 4.79 Å². The Labute approximate surface area is 78.8 Å². The summed E-state index contributed by atoms with van der Waals surface area (Å²) >= 11 is 0. The van der Waals surface area contributed by atoms with Crippen molar-refractivity contribution >= 4 is 5.97 Å². The maximum absolute atomic E-state index is 10.1. The number of hydrogen-bond acceptors (Lipinski definition) is 2. The molecule has 0 atom stereocenters. The van der Waals surface area contributed by atoms with Crippen molar-refractivity contribution in [3.63, 3.8) is 0 Å². The summed E-state index contributed by atoms with van der Waals surface area (Å²) in [5.74, 6) is 5.11. The Morgan fingerprint density at radius 2 is 1.69 bits per heavy atom. The van der Waals surface area contributed by atoms with E-state index in [-0.39, 0.29) is 13.0 Å². The number of carbonyl (C=O) groups is 1.